The van der Waals surface area contributed by atoms with Gasteiger partial charge in [-0.05, 0) is 82.6 Å². The predicted molar refractivity (Wildman–Crippen MR) is 142 cm³/mol. The Balaban J connectivity index is 1.43. The Labute approximate surface area is 219 Å². The number of benzene rings is 2. The first-order valence-electron chi connectivity index (χ1n) is 13.1. The van der Waals surface area contributed by atoms with Gasteiger partial charge < -0.3 is 25.4 Å². The maximum atomic E-state index is 14.4. The first-order valence-corrected chi connectivity index (χ1v) is 13.1. The molecule has 1 fully saturated rings. The van der Waals surface area contributed by atoms with Crippen LogP contribution in [0.3, 0.4) is 0 Å². The highest BCUT2D eigenvalue weighted by molar-refractivity contribution is 5.81. The van der Waals surface area contributed by atoms with Crippen LogP contribution in [0.5, 0.6) is 5.75 Å². The molecule has 2 atom stereocenters. The second kappa shape index (κ2) is 13.4. The highest BCUT2D eigenvalue weighted by Gasteiger charge is 2.27. The number of aryl methyl sites for hydroxylation is 1. The van der Waals surface area contributed by atoms with Crippen molar-refractivity contribution in [1.82, 2.24) is 10.2 Å². The zero-order valence-corrected chi connectivity index (χ0v) is 22.2. The van der Waals surface area contributed by atoms with Crippen molar-refractivity contribution >= 4 is 12.0 Å². The third-order valence-corrected chi connectivity index (χ3v) is 6.36. The van der Waals surface area contributed by atoms with Gasteiger partial charge in [-0.25, -0.2) is 9.18 Å². The second-order valence-electron chi connectivity index (χ2n) is 10.7. The molecule has 2 amide bonds. The minimum Gasteiger partial charge on any atom is -0.494 e. The zero-order valence-electron chi connectivity index (χ0n) is 22.2. The highest BCUT2D eigenvalue weighted by Crippen LogP contribution is 2.23. The summed E-state index contributed by atoms with van der Waals surface area (Å²) >= 11 is 0. The molecule has 1 heterocycles. The highest BCUT2D eigenvalue weighted by atomic mass is 19.1. The molecular formula is C29H40FN3O4. The molecule has 0 saturated carbocycles. The third-order valence-electron chi connectivity index (χ3n) is 6.36. The normalized spacial score (nSPS) is 16.7. The van der Waals surface area contributed by atoms with Crippen LogP contribution in [0.15, 0.2) is 48.5 Å². The minimum absolute atomic E-state index is 0.0361. The van der Waals surface area contributed by atoms with Crippen LogP contribution in [0, 0.1) is 11.7 Å². The van der Waals surface area contributed by atoms with Crippen LogP contribution >= 0.6 is 0 Å². The lowest BCUT2D eigenvalue weighted by Gasteiger charge is -2.34. The number of amides is 2. The first-order chi connectivity index (χ1) is 17.6. The molecule has 0 bridgehead atoms. The Kier molecular flexibility index (Phi) is 10.3. The number of ether oxygens (including phenoxy) is 2. The fraction of sp³-hybridized carbons (Fsp3) is 0.517. The monoisotopic (exact) mass is 513 g/mol. The lowest BCUT2D eigenvalue weighted by molar-refractivity contribution is -0.122. The van der Waals surface area contributed by atoms with Crippen LogP contribution in [0.4, 0.5) is 9.18 Å². The number of piperidine rings is 1. The van der Waals surface area contributed by atoms with Gasteiger partial charge in [0.25, 0.3) is 0 Å². The van der Waals surface area contributed by atoms with Gasteiger partial charge >= 0.3 is 6.09 Å². The summed E-state index contributed by atoms with van der Waals surface area (Å²) in [4.78, 5) is 26.5. The van der Waals surface area contributed by atoms with Crippen molar-refractivity contribution in [2.24, 2.45) is 11.7 Å². The summed E-state index contributed by atoms with van der Waals surface area (Å²) in [6, 6.07) is 13.7. The number of hydrogen-bond acceptors (Lipinski definition) is 5. The van der Waals surface area contributed by atoms with Gasteiger partial charge in [-0.1, -0.05) is 30.3 Å². The van der Waals surface area contributed by atoms with Gasteiger partial charge in [-0.3, -0.25) is 4.79 Å². The first kappa shape index (κ1) is 28.4. The lowest BCUT2D eigenvalue weighted by Crippen LogP contribution is -2.43. The summed E-state index contributed by atoms with van der Waals surface area (Å²) in [6.07, 6.45) is 3.66. The molecule has 202 valence electrons. The van der Waals surface area contributed by atoms with Crippen molar-refractivity contribution in [2.75, 3.05) is 19.7 Å². The minimum atomic E-state index is -0.668. The van der Waals surface area contributed by atoms with Crippen LogP contribution < -0.4 is 15.8 Å². The van der Waals surface area contributed by atoms with E-state index in [9.17, 15) is 14.0 Å². The quantitative estimate of drug-likeness (QED) is 0.475. The number of nitrogens with one attached hydrogen (secondary N) is 1. The van der Waals surface area contributed by atoms with Gasteiger partial charge in [0, 0.05) is 25.2 Å². The van der Waals surface area contributed by atoms with Crippen molar-refractivity contribution in [3.05, 3.63) is 65.5 Å². The molecule has 0 aromatic heterocycles. The Hall–Kier alpha value is -3.13. The number of carbonyl (C=O) groups excluding carboxylic acids is 2. The van der Waals surface area contributed by atoms with E-state index in [2.05, 4.69) is 5.32 Å². The Morgan fingerprint density at radius 2 is 1.95 bits per heavy atom. The Morgan fingerprint density at radius 3 is 2.68 bits per heavy atom. The molecule has 1 saturated heterocycles. The molecule has 0 spiro atoms. The van der Waals surface area contributed by atoms with Crippen molar-refractivity contribution in [3.8, 4) is 5.75 Å². The van der Waals surface area contributed by atoms with Gasteiger partial charge in [0.15, 0.2) is 0 Å². The standard InChI is InChI=1S/C29H40FN3O4/c1-29(2,3)37-28(35)33-16-7-10-22(20-33)15-17-36-24-12-13-25(30)23(18-24)19-32-27(34)26(31)14-11-21-8-5-4-6-9-21/h4-6,8-9,12-13,18,22,26H,7,10-11,14-17,19-20,31H2,1-3H3,(H,32,34)/t22?,26-/m0/s1. The molecule has 1 aliphatic rings. The molecule has 37 heavy (non-hydrogen) atoms. The molecule has 7 nitrogen and oxygen atoms in total. The Morgan fingerprint density at radius 1 is 1.19 bits per heavy atom. The number of carbonyl (C=O) groups is 2. The summed E-state index contributed by atoms with van der Waals surface area (Å²) in [7, 11) is 0. The number of hydrogen-bond donors (Lipinski definition) is 2. The smallest absolute Gasteiger partial charge is 0.410 e. The third kappa shape index (κ3) is 9.69. The van der Waals surface area contributed by atoms with Crippen molar-refractivity contribution < 1.29 is 23.5 Å². The van der Waals surface area contributed by atoms with E-state index in [1.807, 2.05) is 51.1 Å². The molecule has 2 aromatic carbocycles. The van der Waals surface area contributed by atoms with Crippen LogP contribution in [0.25, 0.3) is 0 Å². The summed E-state index contributed by atoms with van der Waals surface area (Å²) in [5, 5.41) is 2.73. The molecule has 3 rings (SSSR count). The van der Waals surface area contributed by atoms with Gasteiger partial charge in [0.05, 0.1) is 12.6 Å². The van der Waals surface area contributed by atoms with Gasteiger partial charge in [-0.15, -0.1) is 0 Å². The van der Waals surface area contributed by atoms with E-state index < -0.39 is 17.5 Å². The second-order valence-corrected chi connectivity index (χ2v) is 10.7. The molecule has 8 heteroatoms. The van der Waals surface area contributed by atoms with E-state index in [4.69, 9.17) is 15.2 Å². The molecule has 0 aliphatic carbocycles. The van der Waals surface area contributed by atoms with Crippen LogP contribution in [-0.4, -0.2) is 48.2 Å². The summed E-state index contributed by atoms with van der Waals surface area (Å²) in [5.74, 6) is 0.135. The SMILES string of the molecule is CC(C)(C)OC(=O)N1CCCC(CCOc2ccc(F)c(CNC(=O)[C@@H](N)CCc3ccccc3)c2)C1. The number of likely N-dealkylation sites (tertiary alicyclic amines) is 1. The predicted octanol–water partition coefficient (Wildman–Crippen LogP) is 4.82. The van der Waals surface area contributed by atoms with Gasteiger partial charge in [-0.2, -0.15) is 0 Å². The van der Waals surface area contributed by atoms with Crippen LogP contribution in [-0.2, 0) is 22.5 Å². The molecule has 1 aliphatic heterocycles. The molecule has 3 N–H and O–H groups in total. The van der Waals surface area contributed by atoms with E-state index in [0.29, 0.717) is 49.8 Å². The molecule has 2 aromatic rings. The van der Waals surface area contributed by atoms with E-state index in [1.54, 1.807) is 17.0 Å². The van der Waals surface area contributed by atoms with Gasteiger partial charge in [0.2, 0.25) is 5.91 Å². The number of nitrogens with zero attached hydrogens (tertiary/aromatic N) is 1. The maximum absolute atomic E-state index is 14.4. The van der Waals surface area contributed by atoms with Gasteiger partial charge in [0.1, 0.15) is 17.2 Å². The topological polar surface area (TPSA) is 93.9 Å². The summed E-state index contributed by atoms with van der Waals surface area (Å²) in [6.45, 7) is 7.43. The average Bonchev–Trinajstić information content (AvgIpc) is 2.87. The van der Waals surface area contributed by atoms with E-state index in [1.165, 1.54) is 6.07 Å². The maximum Gasteiger partial charge on any atom is 0.410 e. The number of halogens is 1. The zero-order chi connectivity index (χ0) is 26.8. The largest absolute Gasteiger partial charge is 0.494 e. The molecular weight excluding hydrogens is 473 g/mol. The molecule has 1 unspecified atom stereocenters. The number of nitrogens with two attached hydrogens (primary N) is 1. The van der Waals surface area contributed by atoms with Crippen molar-refractivity contribution in [1.29, 1.82) is 0 Å². The number of rotatable bonds is 10. The average molecular weight is 514 g/mol. The van der Waals surface area contributed by atoms with E-state index >= 15 is 0 Å². The Bertz CT molecular complexity index is 1030. The molecule has 0 radical (unpaired) electrons. The fourth-order valence-electron chi connectivity index (χ4n) is 4.32. The van der Waals surface area contributed by atoms with Crippen LogP contribution in [0.2, 0.25) is 0 Å². The lowest BCUT2D eigenvalue weighted by atomic mass is 9.95. The van der Waals surface area contributed by atoms with Crippen molar-refractivity contribution in [2.45, 2.75) is 71.1 Å². The fourth-order valence-corrected chi connectivity index (χ4v) is 4.32. The van der Waals surface area contributed by atoms with E-state index in [-0.39, 0.29) is 18.5 Å². The van der Waals surface area contributed by atoms with Crippen molar-refractivity contribution in [3.63, 3.8) is 0 Å². The summed E-state index contributed by atoms with van der Waals surface area (Å²) in [5.41, 5.74) is 6.98. The van der Waals surface area contributed by atoms with E-state index in [0.717, 1.165) is 24.8 Å². The summed E-state index contributed by atoms with van der Waals surface area (Å²) < 4.78 is 25.7. The van der Waals surface area contributed by atoms with Crippen LogP contribution in [0.1, 0.15) is 57.6 Å².